The number of fused-ring (bicyclic) bond motifs is 1. The lowest BCUT2D eigenvalue weighted by molar-refractivity contribution is -0.147. The van der Waals surface area contributed by atoms with Crippen LogP contribution in [0.4, 0.5) is 13.2 Å². The van der Waals surface area contributed by atoms with Crippen molar-refractivity contribution in [2.75, 3.05) is 6.61 Å². The Labute approximate surface area is 144 Å². The molecule has 0 atom stereocenters. The molecule has 1 heterocycles. The van der Waals surface area contributed by atoms with Gasteiger partial charge in [-0.3, -0.25) is 0 Å². The first-order valence-electron chi connectivity index (χ1n) is 8.09. The van der Waals surface area contributed by atoms with E-state index in [1.807, 2.05) is 32.0 Å². The molecule has 0 aliphatic heterocycles. The molecule has 132 valence electrons. The van der Waals surface area contributed by atoms with Crippen molar-refractivity contribution < 1.29 is 17.9 Å². The summed E-state index contributed by atoms with van der Waals surface area (Å²) in [5.41, 5.74) is 3.01. The van der Waals surface area contributed by atoms with E-state index in [1.54, 1.807) is 24.3 Å². The monoisotopic (exact) mass is 348 g/mol. The molecule has 6 heteroatoms. The van der Waals surface area contributed by atoms with Crippen LogP contribution in [0.5, 0.6) is 5.75 Å². The first kappa shape index (κ1) is 17.3. The maximum Gasteiger partial charge on any atom is 0.449 e. The van der Waals surface area contributed by atoms with Gasteiger partial charge in [0.25, 0.3) is 0 Å². The number of rotatable bonds is 5. The molecule has 0 fully saturated rings. The van der Waals surface area contributed by atoms with E-state index in [0.717, 1.165) is 16.9 Å². The fraction of sp³-hybridized carbons (Fsp3) is 0.316. The number of para-hydroxylation sites is 2. The summed E-state index contributed by atoms with van der Waals surface area (Å²) in [6.07, 6.45) is -4.02. The molecule has 0 bridgehead atoms. The lowest BCUT2D eigenvalue weighted by Gasteiger charge is -2.13. The van der Waals surface area contributed by atoms with Gasteiger partial charge in [-0.2, -0.15) is 13.2 Å². The van der Waals surface area contributed by atoms with Crippen molar-refractivity contribution in [3.63, 3.8) is 0 Å². The van der Waals surface area contributed by atoms with E-state index in [9.17, 15) is 13.2 Å². The van der Waals surface area contributed by atoms with Crippen LogP contribution in [0.1, 0.15) is 23.4 Å². The zero-order valence-corrected chi connectivity index (χ0v) is 14.1. The number of ether oxygens (including phenoxy) is 1. The first-order chi connectivity index (χ1) is 11.9. The minimum atomic E-state index is -4.48. The van der Waals surface area contributed by atoms with Crippen molar-refractivity contribution in [3.8, 4) is 5.75 Å². The smallest absolute Gasteiger partial charge is 0.449 e. The van der Waals surface area contributed by atoms with Gasteiger partial charge in [-0.15, -0.1) is 0 Å². The first-order valence-corrected chi connectivity index (χ1v) is 8.09. The summed E-state index contributed by atoms with van der Waals surface area (Å²) in [5.74, 6) is -0.0908. The highest BCUT2D eigenvalue weighted by Gasteiger charge is 2.37. The van der Waals surface area contributed by atoms with Crippen LogP contribution in [0.15, 0.2) is 42.5 Å². The summed E-state index contributed by atoms with van der Waals surface area (Å²) >= 11 is 0. The third kappa shape index (κ3) is 3.62. The minimum absolute atomic E-state index is 0.195. The highest BCUT2D eigenvalue weighted by Crippen LogP contribution is 2.31. The molecule has 0 aliphatic rings. The zero-order valence-electron chi connectivity index (χ0n) is 14.1. The number of nitrogens with zero attached hydrogens (tertiary/aromatic N) is 2. The molecule has 1 aromatic heterocycles. The molecule has 3 nitrogen and oxygen atoms in total. The molecule has 0 aliphatic carbocycles. The van der Waals surface area contributed by atoms with Gasteiger partial charge in [0, 0.05) is 6.54 Å². The van der Waals surface area contributed by atoms with Crippen molar-refractivity contribution in [3.05, 3.63) is 59.4 Å². The topological polar surface area (TPSA) is 27.1 Å². The number of aryl methyl sites for hydroxylation is 2. The third-order valence-electron chi connectivity index (χ3n) is 4.25. The number of hydrogen-bond acceptors (Lipinski definition) is 2. The quantitative estimate of drug-likeness (QED) is 0.597. The van der Waals surface area contributed by atoms with E-state index < -0.39 is 12.0 Å². The second-order valence-electron chi connectivity index (χ2n) is 5.97. The van der Waals surface area contributed by atoms with Crippen LogP contribution in [-0.2, 0) is 12.7 Å². The van der Waals surface area contributed by atoms with Gasteiger partial charge in [0.05, 0.1) is 17.6 Å². The standard InChI is InChI=1S/C19H19F3N2O/c1-13-7-5-10-17(14(13)2)25-12-6-11-24-16-9-4-3-8-15(16)23-18(24)19(20,21)22/h3-5,7-10H,6,11-12H2,1-2H3. The van der Waals surface area contributed by atoms with Crippen LogP contribution in [0.2, 0.25) is 0 Å². The number of imidazole rings is 1. The maximum absolute atomic E-state index is 13.2. The molecule has 0 radical (unpaired) electrons. The van der Waals surface area contributed by atoms with Gasteiger partial charge in [-0.1, -0.05) is 24.3 Å². The lowest BCUT2D eigenvalue weighted by atomic mass is 10.1. The van der Waals surface area contributed by atoms with Crippen molar-refractivity contribution in [1.82, 2.24) is 9.55 Å². The fourth-order valence-corrected chi connectivity index (χ4v) is 2.80. The molecular weight excluding hydrogens is 329 g/mol. The molecule has 0 spiro atoms. The van der Waals surface area contributed by atoms with Crippen molar-refractivity contribution in [2.45, 2.75) is 33.0 Å². The zero-order chi connectivity index (χ0) is 18.0. The Kier molecular flexibility index (Phi) is 4.70. The molecule has 0 unspecified atom stereocenters. The Morgan fingerprint density at radius 2 is 1.80 bits per heavy atom. The molecule has 3 aromatic rings. The summed E-state index contributed by atoms with van der Waals surface area (Å²) in [5, 5.41) is 0. The maximum atomic E-state index is 13.2. The van der Waals surface area contributed by atoms with Gasteiger partial charge in [0.2, 0.25) is 5.82 Å². The number of aromatic nitrogens is 2. The van der Waals surface area contributed by atoms with Gasteiger partial charge >= 0.3 is 6.18 Å². The number of benzene rings is 2. The number of alkyl halides is 3. The predicted molar refractivity (Wildman–Crippen MR) is 90.8 cm³/mol. The predicted octanol–water partition coefficient (Wildman–Crippen LogP) is 5.14. The molecule has 0 saturated carbocycles. The van der Waals surface area contributed by atoms with E-state index in [2.05, 4.69) is 4.98 Å². The van der Waals surface area contributed by atoms with Crippen LogP contribution in [0.25, 0.3) is 11.0 Å². The molecule has 0 saturated heterocycles. The summed E-state index contributed by atoms with van der Waals surface area (Å²) in [6.45, 7) is 4.50. The highest BCUT2D eigenvalue weighted by atomic mass is 19.4. The van der Waals surface area contributed by atoms with E-state index in [4.69, 9.17) is 4.74 Å². The van der Waals surface area contributed by atoms with Gasteiger partial charge in [0.15, 0.2) is 0 Å². The average molecular weight is 348 g/mol. The molecule has 2 aromatic carbocycles. The Bertz CT molecular complexity index is 884. The van der Waals surface area contributed by atoms with E-state index in [0.29, 0.717) is 24.1 Å². The number of halogens is 3. The molecule has 0 amide bonds. The van der Waals surface area contributed by atoms with Crippen LogP contribution >= 0.6 is 0 Å². The Balaban J connectivity index is 1.74. The lowest BCUT2D eigenvalue weighted by Crippen LogP contribution is -2.16. The Morgan fingerprint density at radius 3 is 2.56 bits per heavy atom. The summed E-state index contributed by atoms with van der Waals surface area (Å²) in [4.78, 5) is 3.74. The minimum Gasteiger partial charge on any atom is -0.493 e. The molecule has 25 heavy (non-hydrogen) atoms. The highest BCUT2D eigenvalue weighted by molar-refractivity contribution is 5.76. The Morgan fingerprint density at radius 1 is 1.04 bits per heavy atom. The van der Waals surface area contributed by atoms with E-state index in [1.165, 1.54) is 4.57 Å². The molecule has 3 rings (SSSR count). The van der Waals surface area contributed by atoms with Crippen LogP contribution < -0.4 is 4.74 Å². The second kappa shape index (κ2) is 6.78. The summed E-state index contributed by atoms with van der Waals surface area (Å²) < 4.78 is 46.7. The molecular formula is C19H19F3N2O. The van der Waals surface area contributed by atoms with Crippen molar-refractivity contribution >= 4 is 11.0 Å². The summed E-state index contributed by atoms with van der Waals surface area (Å²) in [7, 11) is 0. The largest absolute Gasteiger partial charge is 0.493 e. The van der Waals surface area contributed by atoms with Crippen LogP contribution in [0.3, 0.4) is 0 Å². The van der Waals surface area contributed by atoms with Gasteiger partial charge in [0.1, 0.15) is 5.75 Å². The van der Waals surface area contributed by atoms with Gasteiger partial charge in [-0.25, -0.2) is 4.98 Å². The van der Waals surface area contributed by atoms with Gasteiger partial charge < -0.3 is 9.30 Å². The normalized spacial score (nSPS) is 11.9. The van der Waals surface area contributed by atoms with Gasteiger partial charge in [-0.05, 0) is 49.6 Å². The number of hydrogen-bond donors (Lipinski definition) is 0. The van der Waals surface area contributed by atoms with Crippen molar-refractivity contribution in [1.29, 1.82) is 0 Å². The SMILES string of the molecule is Cc1cccc(OCCCn2c(C(F)(F)F)nc3ccccc32)c1C. The van der Waals surface area contributed by atoms with Crippen LogP contribution in [-0.4, -0.2) is 16.2 Å². The second-order valence-corrected chi connectivity index (χ2v) is 5.97. The third-order valence-corrected chi connectivity index (χ3v) is 4.25. The fourth-order valence-electron chi connectivity index (χ4n) is 2.80. The summed E-state index contributed by atoms with van der Waals surface area (Å²) in [6, 6.07) is 12.4. The van der Waals surface area contributed by atoms with E-state index >= 15 is 0 Å². The molecule has 0 N–H and O–H groups in total. The van der Waals surface area contributed by atoms with Crippen molar-refractivity contribution in [2.24, 2.45) is 0 Å². The van der Waals surface area contributed by atoms with Crippen LogP contribution in [0, 0.1) is 13.8 Å². The average Bonchev–Trinajstić information content (AvgIpc) is 2.94. The Hall–Kier alpha value is -2.50. The van der Waals surface area contributed by atoms with E-state index in [-0.39, 0.29) is 6.54 Å².